The van der Waals surface area contributed by atoms with Crippen molar-refractivity contribution < 1.29 is 14.0 Å². The van der Waals surface area contributed by atoms with Crippen molar-refractivity contribution in [3.63, 3.8) is 0 Å². The van der Waals surface area contributed by atoms with E-state index in [9.17, 15) is 9.18 Å². The number of carbonyl (C=O) groups excluding carboxylic acids is 1. The van der Waals surface area contributed by atoms with Crippen molar-refractivity contribution in [2.24, 2.45) is 12.2 Å². The number of carbonyl (C=O) groups is 1. The van der Waals surface area contributed by atoms with Gasteiger partial charge in [-0.1, -0.05) is 35.5 Å². The monoisotopic (exact) mass is 394 g/mol. The number of halogens is 1. The molecule has 0 atom stereocenters. The van der Waals surface area contributed by atoms with Crippen molar-refractivity contribution in [1.29, 1.82) is 0 Å². The molecule has 0 saturated heterocycles. The zero-order valence-corrected chi connectivity index (χ0v) is 17.1. The molecule has 1 aromatic heterocycles. The SMILES string of the molecule is CON=Cc1ccc(-c2c(C)cccc2NC(=O)c2c(C)nn(C)c2F)cc1C. The third-order valence-electron chi connectivity index (χ3n) is 4.76. The molecule has 6 nitrogen and oxygen atoms in total. The quantitative estimate of drug-likeness (QED) is 0.516. The number of hydrogen-bond donors (Lipinski definition) is 1. The van der Waals surface area contributed by atoms with Crippen LogP contribution in [0.2, 0.25) is 0 Å². The van der Waals surface area contributed by atoms with E-state index in [0.29, 0.717) is 11.4 Å². The van der Waals surface area contributed by atoms with E-state index in [1.54, 1.807) is 19.2 Å². The molecule has 0 aliphatic carbocycles. The standard InChI is InChI=1S/C22H23FN4O2/c1-13-7-6-8-18(25-22(28)20-15(3)26-27(4)21(20)23)19(13)16-9-10-17(12-24-29-5)14(2)11-16/h6-12H,1-5H3,(H,25,28). The van der Waals surface area contributed by atoms with Gasteiger partial charge in [0, 0.05) is 18.3 Å². The van der Waals surface area contributed by atoms with Crippen LogP contribution in [0.15, 0.2) is 41.6 Å². The lowest BCUT2D eigenvalue weighted by Crippen LogP contribution is -2.15. The van der Waals surface area contributed by atoms with Crippen molar-refractivity contribution in [2.45, 2.75) is 20.8 Å². The van der Waals surface area contributed by atoms with E-state index in [1.807, 2.05) is 44.2 Å². The first-order valence-electron chi connectivity index (χ1n) is 9.11. The highest BCUT2D eigenvalue weighted by Gasteiger charge is 2.22. The van der Waals surface area contributed by atoms with Crippen LogP contribution in [-0.2, 0) is 11.9 Å². The Labute approximate surface area is 169 Å². The minimum Gasteiger partial charge on any atom is -0.399 e. The van der Waals surface area contributed by atoms with Gasteiger partial charge in [0.15, 0.2) is 0 Å². The van der Waals surface area contributed by atoms with Crippen LogP contribution in [-0.4, -0.2) is 29.0 Å². The Morgan fingerprint density at radius 1 is 1.21 bits per heavy atom. The molecule has 150 valence electrons. The minimum atomic E-state index is -0.660. The van der Waals surface area contributed by atoms with Gasteiger partial charge in [0.1, 0.15) is 12.7 Å². The van der Waals surface area contributed by atoms with Gasteiger partial charge in [-0.25, -0.2) is 4.68 Å². The van der Waals surface area contributed by atoms with E-state index < -0.39 is 11.9 Å². The zero-order chi connectivity index (χ0) is 21.1. The average molecular weight is 394 g/mol. The summed E-state index contributed by atoms with van der Waals surface area (Å²) in [5, 5.41) is 10.6. The highest BCUT2D eigenvalue weighted by atomic mass is 19.1. The van der Waals surface area contributed by atoms with Crippen molar-refractivity contribution in [1.82, 2.24) is 9.78 Å². The molecule has 0 unspecified atom stereocenters. The molecule has 1 heterocycles. The number of nitrogens with one attached hydrogen (secondary N) is 1. The molecule has 7 heteroatoms. The van der Waals surface area contributed by atoms with Gasteiger partial charge in [-0.3, -0.25) is 4.79 Å². The molecule has 0 bridgehead atoms. The fraction of sp³-hybridized carbons (Fsp3) is 0.227. The topological polar surface area (TPSA) is 68.5 Å². The molecule has 1 N–H and O–H groups in total. The van der Waals surface area contributed by atoms with E-state index in [-0.39, 0.29) is 5.56 Å². The number of oxime groups is 1. The van der Waals surface area contributed by atoms with Crippen molar-refractivity contribution >= 4 is 17.8 Å². The van der Waals surface area contributed by atoms with Crippen molar-refractivity contribution in [3.05, 3.63) is 70.3 Å². The summed E-state index contributed by atoms with van der Waals surface area (Å²) in [4.78, 5) is 17.5. The number of hydrogen-bond acceptors (Lipinski definition) is 4. The second kappa shape index (κ2) is 8.26. The lowest BCUT2D eigenvalue weighted by molar-refractivity contribution is 0.102. The molecule has 0 aliphatic heterocycles. The third-order valence-corrected chi connectivity index (χ3v) is 4.76. The van der Waals surface area contributed by atoms with Crippen LogP contribution in [0.5, 0.6) is 0 Å². The smallest absolute Gasteiger partial charge is 0.262 e. The fourth-order valence-electron chi connectivity index (χ4n) is 3.31. The maximum atomic E-state index is 14.3. The van der Waals surface area contributed by atoms with E-state index in [2.05, 4.69) is 15.6 Å². The Balaban J connectivity index is 2.01. The molecule has 3 rings (SSSR count). The Morgan fingerprint density at radius 2 is 1.97 bits per heavy atom. The number of benzene rings is 2. The maximum absolute atomic E-state index is 14.3. The van der Waals surface area contributed by atoms with E-state index >= 15 is 0 Å². The van der Waals surface area contributed by atoms with Crippen LogP contribution in [0, 0.1) is 26.7 Å². The first kappa shape index (κ1) is 20.3. The van der Waals surface area contributed by atoms with Crippen LogP contribution in [0.25, 0.3) is 11.1 Å². The minimum absolute atomic E-state index is 0.0535. The number of anilines is 1. The summed E-state index contributed by atoms with van der Waals surface area (Å²) in [7, 11) is 2.96. The Morgan fingerprint density at radius 3 is 2.59 bits per heavy atom. The largest absolute Gasteiger partial charge is 0.399 e. The molecule has 0 spiro atoms. The summed E-state index contributed by atoms with van der Waals surface area (Å²) in [6.45, 7) is 5.56. The van der Waals surface area contributed by atoms with Gasteiger partial charge in [0.05, 0.1) is 11.9 Å². The van der Waals surface area contributed by atoms with Crippen LogP contribution >= 0.6 is 0 Å². The fourth-order valence-corrected chi connectivity index (χ4v) is 3.31. The molecule has 1 amide bonds. The van der Waals surface area contributed by atoms with Crippen molar-refractivity contribution in [3.8, 4) is 11.1 Å². The van der Waals surface area contributed by atoms with Gasteiger partial charge in [-0.05, 0) is 49.1 Å². The highest BCUT2D eigenvalue weighted by molar-refractivity contribution is 6.07. The maximum Gasteiger partial charge on any atom is 0.262 e. The average Bonchev–Trinajstić information content (AvgIpc) is 2.92. The number of rotatable bonds is 5. The van der Waals surface area contributed by atoms with Crippen LogP contribution in [0.1, 0.15) is 32.7 Å². The van der Waals surface area contributed by atoms with Gasteiger partial charge in [0.2, 0.25) is 5.95 Å². The summed E-state index contributed by atoms with van der Waals surface area (Å²) in [5.41, 5.74) is 5.65. The van der Waals surface area contributed by atoms with Crippen LogP contribution in [0.4, 0.5) is 10.1 Å². The van der Waals surface area contributed by atoms with Crippen LogP contribution in [0.3, 0.4) is 0 Å². The molecule has 0 aliphatic rings. The third kappa shape index (κ3) is 4.03. The Kier molecular flexibility index (Phi) is 5.77. The lowest BCUT2D eigenvalue weighted by Gasteiger charge is -2.15. The first-order chi connectivity index (χ1) is 13.8. The van der Waals surface area contributed by atoms with Gasteiger partial charge >= 0.3 is 0 Å². The van der Waals surface area contributed by atoms with Gasteiger partial charge in [0.25, 0.3) is 5.91 Å². The molecule has 0 saturated carbocycles. The van der Waals surface area contributed by atoms with E-state index in [1.165, 1.54) is 14.2 Å². The molecule has 2 aromatic carbocycles. The number of aromatic nitrogens is 2. The van der Waals surface area contributed by atoms with Gasteiger partial charge < -0.3 is 10.2 Å². The second-order valence-corrected chi connectivity index (χ2v) is 6.81. The molecule has 0 radical (unpaired) electrons. The molecule has 29 heavy (non-hydrogen) atoms. The predicted octanol–water partition coefficient (Wildman–Crippen LogP) is 4.38. The molecular weight excluding hydrogens is 371 g/mol. The lowest BCUT2D eigenvalue weighted by atomic mass is 9.95. The molecule has 3 aromatic rings. The normalized spacial score (nSPS) is 11.1. The van der Waals surface area contributed by atoms with E-state index in [0.717, 1.165) is 32.5 Å². The summed E-state index contributed by atoms with van der Waals surface area (Å²) < 4.78 is 15.4. The van der Waals surface area contributed by atoms with Gasteiger partial charge in [-0.15, -0.1) is 0 Å². The highest BCUT2D eigenvalue weighted by Crippen LogP contribution is 2.33. The molecular formula is C22H23FN4O2. The van der Waals surface area contributed by atoms with Gasteiger partial charge in [-0.2, -0.15) is 9.49 Å². The number of aryl methyl sites for hydroxylation is 4. The summed E-state index contributed by atoms with van der Waals surface area (Å²) in [6, 6.07) is 11.5. The van der Waals surface area contributed by atoms with Crippen molar-refractivity contribution in [2.75, 3.05) is 12.4 Å². The zero-order valence-electron chi connectivity index (χ0n) is 17.1. The summed E-state index contributed by atoms with van der Waals surface area (Å²) >= 11 is 0. The Bertz CT molecular complexity index is 1100. The number of amides is 1. The summed E-state index contributed by atoms with van der Waals surface area (Å²) in [6.07, 6.45) is 1.65. The van der Waals surface area contributed by atoms with E-state index in [4.69, 9.17) is 4.84 Å². The summed E-state index contributed by atoms with van der Waals surface area (Å²) in [5.74, 6) is -1.19. The van der Waals surface area contributed by atoms with Crippen LogP contribution < -0.4 is 5.32 Å². The Hall–Kier alpha value is -3.48. The second-order valence-electron chi connectivity index (χ2n) is 6.81. The number of nitrogens with zero attached hydrogens (tertiary/aromatic N) is 3. The predicted molar refractivity (Wildman–Crippen MR) is 112 cm³/mol. The molecule has 0 fully saturated rings. The first-order valence-corrected chi connectivity index (χ1v) is 9.11.